The third-order valence-electron chi connectivity index (χ3n) is 2.11. The molecule has 0 atom stereocenters. The van der Waals surface area contributed by atoms with Gasteiger partial charge < -0.3 is 5.73 Å². The van der Waals surface area contributed by atoms with Gasteiger partial charge in [-0.3, -0.25) is 4.68 Å². The number of hydrogen-bond donors (Lipinski definition) is 1. The van der Waals surface area contributed by atoms with Crippen molar-refractivity contribution in [2.24, 2.45) is 0 Å². The van der Waals surface area contributed by atoms with Crippen molar-refractivity contribution < 1.29 is 4.39 Å². The second-order valence-electron chi connectivity index (χ2n) is 3.30. The summed E-state index contributed by atoms with van der Waals surface area (Å²) in [6, 6.07) is 6.29. The summed E-state index contributed by atoms with van der Waals surface area (Å²) in [5, 5.41) is 4.09. The zero-order valence-electron chi connectivity index (χ0n) is 8.64. The second kappa shape index (κ2) is 5.03. The van der Waals surface area contributed by atoms with Gasteiger partial charge in [-0.2, -0.15) is 5.10 Å². The summed E-state index contributed by atoms with van der Waals surface area (Å²) < 4.78 is 14.8. The summed E-state index contributed by atoms with van der Waals surface area (Å²) in [7, 11) is 0. The van der Waals surface area contributed by atoms with Crippen molar-refractivity contribution in [3.63, 3.8) is 0 Å². The van der Waals surface area contributed by atoms with Crippen LogP contribution in [-0.2, 0) is 6.54 Å². The third kappa shape index (κ3) is 2.76. The molecule has 2 aromatic rings. The topological polar surface area (TPSA) is 43.8 Å². The average Bonchev–Trinajstić information content (AvgIpc) is 2.76. The number of aromatic nitrogens is 2. The summed E-state index contributed by atoms with van der Waals surface area (Å²) in [5.41, 5.74) is 6.36. The first kappa shape index (κ1) is 11.0. The predicted molar refractivity (Wildman–Crippen MR) is 63.8 cm³/mol. The molecule has 84 valence electrons. The van der Waals surface area contributed by atoms with Crippen molar-refractivity contribution in [3.05, 3.63) is 42.5 Å². The Bertz CT molecular complexity index is 456. The molecule has 0 aliphatic heterocycles. The average molecular weight is 237 g/mol. The largest absolute Gasteiger partial charge is 0.398 e. The Balaban J connectivity index is 1.92. The van der Waals surface area contributed by atoms with Crippen LogP contribution in [0.15, 0.2) is 41.6 Å². The summed E-state index contributed by atoms with van der Waals surface area (Å²) >= 11 is 1.53. The van der Waals surface area contributed by atoms with Crippen LogP contribution in [0, 0.1) is 5.82 Å². The van der Waals surface area contributed by atoms with Crippen molar-refractivity contribution in [1.82, 2.24) is 9.78 Å². The van der Waals surface area contributed by atoms with Crippen LogP contribution in [0.3, 0.4) is 0 Å². The van der Waals surface area contributed by atoms with Crippen molar-refractivity contribution in [2.75, 3.05) is 11.5 Å². The van der Waals surface area contributed by atoms with E-state index in [-0.39, 0.29) is 5.82 Å². The molecule has 0 aliphatic rings. The number of thioether (sulfide) groups is 1. The number of nitrogens with zero attached hydrogens (tertiary/aromatic N) is 2. The van der Waals surface area contributed by atoms with Gasteiger partial charge in [-0.05, 0) is 24.3 Å². The fourth-order valence-corrected chi connectivity index (χ4v) is 2.24. The summed E-state index contributed by atoms with van der Waals surface area (Å²) in [6.45, 7) is 0.785. The molecule has 1 aromatic heterocycles. The van der Waals surface area contributed by atoms with Gasteiger partial charge in [0.2, 0.25) is 0 Å². The zero-order chi connectivity index (χ0) is 11.4. The van der Waals surface area contributed by atoms with Crippen LogP contribution in [0.2, 0.25) is 0 Å². The Morgan fingerprint density at radius 1 is 1.44 bits per heavy atom. The molecule has 0 aliphatic carbocycles. The monoisotopic (exact) mass is 237 g/mol. The van der Waals surface area contributed by atoms with E-state index in [9.17, 15) is 4.39 Å². The molecule has 0 radical (unpaired) electrons. The minimum Gasteiger partial charge on any atom is -0.398 e. The Morgan fingerprint density at radius 3 is 3.06 bits per heavy atom. The molecule has 3 nitrogen and oxygen atoms in total. The molecule has 2 rings (SSSR count). The van der Waals surface area contributed by atoms with Crippen LogP contribution >= 0.6 is 11.8 Å². The highest BCUT2D eigenvalue weighted by Gasteiger charge is 2.02. The van der Waals surface area contributed by atoms with Crippen LogP contribution in [0.1, 0.15) is 0 Å². The van der Waals surface area contributed by atoms with Crippen LogP contribution in [0.5, 0.6) is 0 Å². The van der Waals surface area contributed by atoms with Gasteiger partial charge in [-0.15, -0.1) is 11.8 Å². The number of anilines is 1. The van der Waals surface area contributed by atoms with Gasteiger partial charge in [0.15, 0.2) is 0 Å². The molecular formula is C11H12FN3S. The van der Waals surface area contributed by atoms with Gasteiger partial charge in [-0.25, -0.2) is 4.39 Å². The molecule has 0 unspecified atom stereocenters. The number of halogens is 1. The molecule has 0 saturated heterocycles. The van der Waals surface area contributed by atoms with Gasteiger partial charge >= 0.3 is 0 Å². The number of nitrogen functional groups attached to an aromatic ring is 1. The lowest BCUT2D eigenvalue weighted by Crippen LogP contribution is -2.00. The van der Waals surface area contributed by atoms with Gasteiger partial charge in [0.05, 0.1) is 6.54 Å². The molecule has 0 spiro atoms. The molecular weight excluding hydrogens is 225 g/mol. The second-order valence-corrected chi connectivity index (χ2v) is 4.44. The Labute approximate surface area is 97.5 Å². The normalized spacial score (nSPS) is 10.6. The number of hydrogen-bond acceptors (Lipinski definition) is 3. The molecule has 0 saturated carbocycles. The number of rotatable bonds is 4. The minimum absolute atomic E-state index is 0.254. The first-order valence-electron chi connectivity index (χ1n) is 4.91. The lowest BCUT2D eigenvalue weighted by atomic mass is 10.3. The fraction of sp³-hybridized carbons (Fsp3) is 0.182. The maximum atomic E-state index is 13.0. The van der Waals surface area contributed by atoms with E-state index < -0.39 is 0 Å². The maximum Gasteiger partial charge on any atom is 0.124 e. The Hall–Kier alpha value is -1.49. The summed E-state index contributed by atoms with van der Waals surface area (Å²) in [6.07, 6.45) is 3.64. The molecule has 0 bridgehead atoms. The summed E-state index contributed by atoms with van der Waals surface area (Å²) in [5.74, 6) is 0.561. The Kier molecular flexibility index (Phi) is 3.46. The highest BCUT2D eigenvalue weighted by Crippen LogP contribution is 2.25. The quantitative estimate of drug-likeness (QED) is 0.656. The molecule has 2 N–H and O–H groups in total. The van der Waals surface area contributed by atoms with Gasteiger partial charge in [0.1, 0.15) is 5.82 Å². The van der Waals surface area contributed by atoms with Crippen LogP contribution in [0.25, 0.3) is 0 Å². The summed E-state index contributed by atoms with van der Waals surface area (Å²) in [4.78, 5) is 0.784. The molecule has 1 heterocycles. The van der Waals surface area contributed by atoms with E-state index in [1.54, 1.807) is 12.3 Å². The van der Waals surface area contributed by atoms with E-state index in [0.29, 0.717) is 5.69 Å². The van der Waals surface area contributed by atoms with Crippen LogP contribution in [-0.4, -0.2) is 15.5 Å². The third-order valence-corrected chi connectivity index (χ3v) is 3.16. The molecule has 0 fully saturated rings. The van der Waals surface area contributed by atoms with Crippen molar-refractivity contribution in [3.8, 4) is 0 Å². The van der Waals surface area contributed by atoms with Gasteiger partial charge in [0.25, 0.3) is 0 Å². The predicted octanol–water partition coefficient (Wildman–Crippen LogP) is 2.40. The smallest absolute Gasteiger partial charge is 0.124 e. The number of benzene rings is 1. The number of nitrogens with two attached hydrogens (primary N) is 1. The molecule has 16 heavy (non-hydrogen) atoms. The van der Waals surface area contributed by atoms with E-state index in [0.717, 1.165) is 17.2 Å². The highest BCUT2D eigenvalue weighted by atomic mass is 32.2. The molecule has 5 heteroatoms. The standard InChI is InChI=1S/C11H12FN3S/c12-9-2-3-10(13)11(8-9)16-7-6-15-5-1-4-14-15/h1-5,8H,6-7,13H2. The van der Waals surface area contributed by atoms with Crippen LogP contribution < -0.4 is 5.73 Å². The lowest BCUT2D eigenvalue weighted by Gasteiger charge is -2.05. The fourth-order valence-electron chi connectivity index (χ4n) is 1.32. The van der Waals surface area contributed by atoms with Crippen LogP contribution in [0.4, 0.5) is 10.1 Å². The first-order chi connectivity index (χ1) is 7.75. The molecule has 0 amide bonds. The highest BCUT2D eigenvalue weighted by molar-refractivity contribution is 7.99. The van der Waals surface area contributed by atoms with Crippen molar-refractivity contribution >= 4 is 17.4 Å². The minimum atomic E-state index is -0.254. The van der Waals surface area contributed by atoms with Gasteiger partial charge in [-0.1, -0.05) is 0 Å². The first-order valence-corrected chi connectivity index (χ1v) is 5.89. The van der Waals surface area contributed by atoms with Crippen molar-refractivity contribution in [1.29, 1.82) is 0 Å². The zero-order valence-corrected chi connectivity index (χ0v) is 9.45. The lowest BCUT2D eigenvalue weighted by molar-refractivity contribution is 0.624. The van der Waals surface area contributed by atoms with Gasteiger partial charge in [0, 0.05) is 28.7 Å². The van der Waals surface area contributed by atoms with Crippen molar-refractivity contribution in [2.45, 2.75) is 11.4 Å². The van der Waals surface area contributed by atoms with E-state index in [1.807, 2.05) is 16.9 Å². The van der Waals surface area contributed by atoms with E-state index >= 15 is 0 Å². The van der Waals surface area contributed by atoms with E-state index in [1.165, 1.54) is 23.9 Å². The molecule has 1 aromatic carbocycles. The Morgan fingerprint density at radius 2 is 2.31 bits per heavy atom. The van der Waals surface area contributed by atoms with E-state index in [2.05, 4.69) is 5.10 Å². The number of aryl methyl sites for hydroxylation is 1. The maximum absolute atomic E-state index is 13.0. The van der Waals surface area contributed by atoms with E-state index in [4.69, 9.17) is 5.73 Å². The SMILES string of the molecule is Nc1ccc(F)cc1SCCn1cccn1.